The number of benzene rings is 1. The first kappa shape index (κ1) is 13.2. The SMILES string of the molecule is CCCN(C)C(=O)c1ccc(C(=O)OC)cc1. The summed E-state index contributed by atoms with van der Waals surface area (Å²) in [6.45, 7) is 2.74. The van der Waals surface area contributed by atoms with E-state index in [0.717, 1.165) is 13.0 Å². The maximum Gasteiger partial charge on any atom is 0.337 e. The molecule has 0 heterocycles. The van der Waals surface area contributed by atoms with Gasteiger partial charge in [-0.15, -0.1) is 0 Å². The molecule has 0 unspecified atom stereocenters. The van der Waals surface area contributed by atoms with Crippen molar-refractivity contribution < 1.29 is 14.3 Å². The number of carbonyl (C=O) groups excluding carboxylic acids is 2. The largest absolute Gasteiger partial charge is 0.465 e. The molecule has 1 rings (SSSR count). The van der Waals surface area contributed by atoms with Crippen LogP contribution < -0.4 is 0 Å². The van der Waals surface area contributed by atoms with Crippen LogP contribution in [0.3, 0.4) is 0 Å². The summed E-state index contributed by atoms with van der Waals surface area (Å²) in [5, 5.41) is 0. The lowest BCUT2D eigenvalue weighted by atomic mass is 10.1. The van der Waals surface area contributed by atoms with Crippen LogP contribution in [0.2, 0.25) is 0 Å². The van der Waals surface area contributed by atoms with Crippen LogP contribution in [-0.2, 0) is 4.74 Å². The highest BCUT2D eigenvalue weighted by Gasteiger charge is 2.11. The molecule has 0 aliphatic carbocycles. The molecule has 0 saturated heterocycles. The number of methoxy groups -OCH3 is 1. The highest BCUT2D eigenvalue weighted by atomic mass is 16.5. The van der Waals surface area contributed by atoms with Crippen molar-refractivity contribution in [2.75, 3.05) is 20.7 Å². The average molecular weight is 235 g/mol. The van der Waals surface area contributed by atoms with E-state index in [2.05, 4.69) is 4.74 Å². The van der Waals surface area contributed by atoms with Gasteiger partial charge >= 0.3 is 5.97 Å². The van der Waals surface area contributed by atoms with Crippen LogP contribution in [0.1, 0.15) is 34.1 Å². The van der Waals surface area contributed by atoms with E-state index in [-0.39, 0.29) is 5.91 Å². The standard InChI is InChI=1S/C13H17NO3/c1-4-9-14(2)12(15)10-5-7-11(8-6-10)13(16)17-3/h5-8H,4,9H2,1-3H3. The Hall–Kier alpha value is -1.84. The van der Waals surface area contributed by atoms with Gasteiger partial charge in [-0.25, -0.2) is 4.79 Å². The van der Waals surface area contributed by atoms with Gasteiger partial charge in [0.25, 0.3) is 5.91 Å². The van der Waals surface area contributed by atoms with Gasteiger partial charge in [-0.1, -0.05) is 6.92 Å². The molecule has 0 bridgehead atoms. The van der Waals surface area contributed by atoms with Crippen molar-refractivity contribution in [1.29, 1.82) is 0 Å². The Morgan fingerprint density at radius 3 is 2.18 bits per heavy atom. The smallest absolute Gasteiger partial charge is 0.337 e. The number of rotatable bonds is 4. The molecule has 0 aromatic heterocycles. The van der Waals surface area contributed by atoms with Crippen LogP contribution in [0, 0.1) is 0 Å². The van der Waals surface area contributed by atoms with E-state index in [1.807, 2.05) is 6.92 Å². The third-order valence-electron chi connectivity index (χ3n) is 2.46. The fraction of sp³-hybridized carbons (Fsp3) is 0.385. The van der Waals surface area contributed by atoms with Crippen LogP contribution in [-0.4, -0.2) is 37.5 Å². The number of nitrogens with zero attached hydrogens (tertiary/aromatic N) is 1. The molecular weight excluding hydrogens is 218 g/mol. The highest BCUT2D eigenvalue weighted by molar-refractivity contribution is 5.96. The Bertz CT molecular complexity index is 398. The normalized spacial score (nSPS) is 9.82. The highest BCUT2D eigenvalue weighted by Crippen LogP contribution is 2.08. The van der Waals surface area contributed by atoms with Crippen LogP contribution in [0.4, 0.5) is 0 Å². The molecule has 0 fully saturated rings. The van der Waals surface area contributed by atoms with E-state index in [1.165, 1.54) is 7.11 Å². The molecule has 1 amide bonds. The van der Waals surface area contributed by atoms with Crippen molar-refractivity contribution in [3.63, 3.8) is 0 Å². The Labute approximate surface area is 101 Å². The molecule has 4 heteroatoms. The zero-order valence-electron chi connectivity index (χ0n) is 10.4. The molecular formula is C13H17NO3. The quantitative estimate of drug-likeness (QED) is 0.749. The molecule has 17 heavy (non-hydrogen) atoms. The van der Waals surface area contributed by atoms with Gasteiger partial charge in [0, 0.05) is 19.2 Å². The summed E-state index contributed by atoms with van der Waals surface area (Å²) in [5.74, 6) is -0.436. The van der Waals surface area contributed by atoms with Crippen molar-refractivity contribution in [2.24, 2.45) is 0 Å². The number of ether oxygens (including phenoxy) is 1. The van der Waals surface area contributed by atoms with Gasteiger partial charge in [0.15, 0.2) is 0 Å². The maximum absolute atomic E-state index is 11.9. The van der Waals surface area contributed by atoms with E-state index >= 15 is 0 Å². The number of hydrogen-bond acceptors (Lipinski definition) is 3. The third-order valence-corrected chi connectivity index (χ3v) is 2.46. The second-order valence-corrected chi connectivity index (χ2v) is 3.80. The van der Waals surface area contributed by atoms with E-state index in [0.29, 0.717) is 11.1 Å². The van der Waals surface area contributed by atoms with Crippen LogP contribution in [0.5, 0.6) is 0 Å². The minimum absolute atomic E-state index is 0.0386. The molecule has 0 radical (unpaired) electrons. The first-order valence-corrected chi connectivity index (χ1v) is 5.54. The van der Waals surface area contributed by atoms with Crippen molar-refractivity contribution in [1.82, 2.24) is 4.90 Å². The Kier molecular flexibility index (Phi) is 4.69. The molecule has 0 spiro atoms. The first-order chi connectivity index (χ1) is 8.10. The average Bonchev–Trinajstić information content (AvgIpc) is 2.37. The predicted octanol–water partition coefficient (Wildman–Crippen LogP) is 1.96. The van der Waals surface area contributed by atoms with Crippen LogP contribution in [0.15, 0.2) is 24.3 Å². The lowest BCUT2D eigenvalue weighted by Gasteiger charge is -2.15. The molecule has 0 aliphatic rings. The van der Waals surface area contributed by atoms with Gasteiger partial charge in [0.05, 0.1) is 12.7 Å². The minimum Gasteiger partial charge on any atom is -0.465 e. The van der Waals surface area contributed by atoms with Gasteiger partial charge in [0.2, 0.25) is 0 Å². The second kappa shape index (κ2) is 6.03. The monoisotopic (exact) mass is 235 g/mol. The van der Waals surface area contributed by atoms with E-state index in [4.69, 9.17) is 0 Å². The van der Waals surface area contributed by atoms with E-state index in [1.54, 1.807) is 36.2 Å². The third kappa shape index (κ3) is 3.31. The van der Waals surface area contributed by atoms with E-state index < -0.39 is 5.97 Å². The van der Waals surface area contributed by atoms with E-state index in [9.17, 15) is 9.59 Å². The molecule has 0 aliphatic heterocycles. The molecule has 4 nitrogen and oxygen atoms in total. The zero-order valence-corrected chi connectivity index (χ0v) is 10.4. The Balaban J connectivity index is 2.80. The topological polar surface area (TPSA) is 46.6 Å². The lowest BCUT2D eigenvalue weighted by molar-refractivity contribution is 0.0600. The van der Waals surface area contributed by atoms with Crippen LogP contribution in [0.25, 0.3) is 0 Å². The second-order valence-electron chi connectivity index (χ2n) is 3.80. The van der Waals surface area contributed by atoms with Gasteiger partial charge in [-0.2, -0.15) is 0 Å². The van der Waals surface area contributed by atoms with Crippen molar-refractivity contribution in [3.05, 3.63) is 35.4 Å². The number of esters is 1. The molecule has 0 atom stereocenters. The summed E-state index contributed by atoms with van der Waals surface area (Å²) in [6, 6.07) is 6.47. The first-order valence-electron chi connectivity index (χ1n) is 5.54. The van der Waals surface area contributed by atoms with Gasteiger partial charge in [0.1, 0.15) is 0 Å². The zero-order chi connectivity index (χ0) is 12.8. The molecule has 92 valence electrons. The Morgan fingerprint density at radius 1 is 1.18 bits per heavy atom. The molecule has 0 saturated carbocycles. The van der Waals surface area contributed by atoms with Crippen molar-refractivity contribution in [3.8, 4) is 0 Å². The maximum atomic E-state index is 11.9. The molecule has 1 aromatic carbocycles. The van der Waals surface area contributed by atoms with Crippen LogP contribution >= 0.6 is 0 Å². The summed E-state index contributed by atoms with van der Waals surface area (Å²) in [7, 11) is 3.09. The van der Waals surface area contributed by atoms with Gasteiger partial charge < -0.3 is 9.64 Å². The number of carbonyl (C=O) groups is 2. The fourth-order valence-corrected chi connectivity index (χ4v) is 1.52. The van der Waals surface area contributed by atoms with Gasteiger partial charge in [-0.05, 0) is 30.7 Å². The minimum atomic E-state index is -0.397. The molecule has 1 aromatic rings. The summed E-state index contributed by atoms with van der Waals surface area (Å²) in [5.41, 5.74) is 1.02. The van der Waals surface area contributed by atoms with Crippen molar-refractivity contribution >= 4 is 11.9 Å². The van der Waals surface area contributed by atoms with Crippen molar-refractivity contribution in [2.45, 2.75) is 13.3 Å². The summed E-state index contributed by atoms with van der Waals surface area (Å²) in [6.07, 6.45) is 0.919. The molecule has 0 N–H and O–H groups in total. The van der Waals surface area contributed by atoms with Gasteiger partial charge in [-0.3, -0.25) is 4.79 Å². The summed E-state index contributed by atoms with van der Waals surface area (Å²) < 4.78 is 4.59. The summed E-state index contributed by atoms with van der Waals surface area (Å²) >= 11 is 0. The fourth-order valence-electron chi connectivity index (χ4n) is 1.52. The number of hydrogen-bond donors (Lipinski definition) is 0. The lowest BCUT2D eigenvalue weighted by Crippen LogP contribution is -2.27. The summed E-state index contributed by atoms with van der Waals surface area (Å²) in [4.78, 5) is 24.8. The Morgan fingerprint density at radius 2 is 1.71 bits per heavy atom. The number of amides is 1. The predicted molar refractivity (Wildman–Crippen MR) is 65.0 cm³/mol.